The highest BCUT2D eigenvalue weighted by molar-refractivity contribution is 7.86. The minimum absolute atomic E-state index is 0.540. The lowest BCUT2D eigenvalue weighted by Gasteiger charge is -2.23. The van der Waals surface area contributed by atoms with Crippen LogP contribution < -0.4 is 5.32 Å². The number of hydrogen-bond donors (Lipinski definition) is 2. The molecule has 0 saturated carbocycles. The molecule has 1 heterocycles. The molecule has 1 aromatic rings. The Balaban J connectivity index is 2.51. The standard InChI is InChI=1S/C9H10NO3S/c11-14(12,13)9-8-4-2-1-3-7(8)5-6-10-9/h1-2,4,9-10H,5-6H2,(H,11,12,13). The minimum atomic E-state index is -4.07. The SMILES string of the molecule is O=S(=O)(O)C1NCCc2[c]cccc21. The van der Waals surface area contributed by atoms with E-state index in [0.717, 1.165) is 12.0 Å². The summed E-state index contributed by atoms with van der Waals surface area (Å²) in [4.78, 5) is 0. The highest BCUT2D eigenvalue weighted by Gasteiger charge is 2.29. The van der Waals surface area contributed by atoms with Crippen LogP contribution in [0.25, 0.3) is 0 Å². The third-order valence-corrected chi connectivity index (χ3v) is 3.28. The van der Waals surface area contributed by atoms with Crippen molar-refractivity contribution in [1.82, 2.24) is 5.32 Å². The molecule has 14 heavy (non-hydrogen) atoms. The Morgan fingerprint density at radius 1 is 1.57 bits per heavy atom. The van der Waals surface area contributed by atoms with Crippen LogP contribution in [0.3, 0.4) is 0 Å². The van der Waals surface area contributed by atoms with Crippen LogP contribution in [0.15, 0.2) is 18.2 Å². The average molecular weight is 212 g/mol. The molecule has 75 valence electrons. The summed E-state index contributed by atoms with van der Waals surface area (Å²) in [6.45, 7) is 0.540. The summed E-state index contributed by atoms with van der Waals surface area (Å²) >= 11 is 0. The van der Waals surface area contributed by atoms with Crippen LogP contribution in [0, 0.1) is 6.07 Å². The Labute approximate surface area is 82.7 Å². The molecule has 0 aliphatic carbocycles. The van der Waals surface area contributed by atoms with Crippen molar-refractivity contribution in [2.75, 3.05) is 6.54 Å². The van der Waals surface area contributed by atoms with Crippen molar-refractivity contribution in [3.05, 3.63) is 35.4 Å². The van der Waals surface area contributed by atoms with Gasteiger partial charge in [0.2, 0.25) is 0 Å². The summed E-state index contributed by atoms with van der Waals surface area (Å²) in [5.41, 5.74) is 1.45. The van der Waals surface area contributed by atoms with E-state index in [1.165, 1.54) is 0 Å². The zero-order valence-electron chi connectivity index (χ0n) is 7.40. The molecule has 2 rings (SSSR count). The lowest BCUT2D eigenvalue weighted by Crippen LogP contribution is -2.34. The number of nitrogens with one attached hydrogen (secondary N) is 1. The minimum Gasteiger partial charge on any atom is -0.295 e. The first-order valence-corrected chi connectivity index (χ1v) is 5.78. The van der Waals surface area contributed by atoms with Crippen LogP contribution in [0.5, 0.6) is 0 Å². The van der Waals surface area contributed by atoms with Gasteiger partial charge < -0.3 is 0 Å². The lowest BCUT2D eigenvalue weighted by molar-refractivity contribution is 0.447. The van der Waals surface area contributed by atoms with Gasteiger partial charge in [0.15, 0.2) is 5.37 Å². The smallest absolute Gasteiger partial charge is 0.285 e. The quantitative estimate of drug-likeness (QED) is 0.666. The number of rotatable bonds is 1. The Morgan fingerprint density at radius 3 is 3.07 bits per heavy atom. The van der Waals surface area contributed by atoms with Gasteiger partial charge in [-0.15, -0.1) is 0 Å². The van der Waals surface area contributed by atoms with Crippen molar-refractivity contribution >= 4 is 10.1 Å². The second-order valence-corrected chi connectivity index (χ2v) is 4.70. The maximum Gasteiger partial charge on any atom is 0.285 e. The van der Waals surface area contributed by atoms with Gasteiger partial charge in [0.25, 0.3) is 10.1 Å². The van der Waals surface area contributed by atoms with Gasteiger partial charge in [-0.2, -0.15) is 8.42 Å². The van der Waals surface area contributed by atoms with Gasteiger partial charge in [0.1, 0.15) is 0 Å². The van der Waals surface area contributed by atoms with Crippen molar-refractivity contribution in [3.63, 3.8) is 0 Å². The molecule has 0 aromatic heterocycles. The fourth-order valence-corrected chi connectivity index (χ4v) is 2.52. The second-order valence-electron chi connectivity index (χ2n) is 3.20. The third kappa shape index (κ3) is 1.66. The maximum atomic E-state index is 11.0. The molecule has 5 heteroatoms. The van der Waals surface area contributed by atoms with E-state index < -0.39 is 15.5 Å². The van der Waals surface area contributed by atoms with E-state index in [4.69, 9.17) is 4.55 Å². The average Bonchev–Trinajstić information content (AvgIpc) is 2.15. The molecule has 0 amide bonds. The highest BCUT2D eigenvalue weighted by Crippen LogP contribution is 2.25. The highest BCUT2D eigenvalue weighted by atomic mass is 32.2. The van der Waals surface area contributed by atoms with E-state index in [0.29, 0.717) is 12.1 Å². The Kier molecular flexibility index (Phi) is 2.30. The molecular weight excluding hydrogens is 202 g/mol. The fourth-order valence-electron chi connectivity index (χ4n) is 1.65. The monoisotopic (exact) mass is 212 g/mol. The third-order valence-electron chi connectivity index (χ3n) is 2.26. The van der Waals surface area contributed by atoms with Crippen molar-refractivity contribution in [1.29, 1.82) is 0 Å². The zero-order chi connectivity index (χ0) is 10.2. The maximum absolute atomic E-state index is 11.0. The van der Waals surface area contributed by atoms with Gasteiger partial charge in [-0.3, -0.25) is 9.87 Å². The van der Waals surface area contributed by atoms with Crippen LogP contribution in [0.1, 0.15) is 16.5 Å². The molecule has 0 saturated heterocycles. The molecule has 1 aliphatic heterocycles. The molecule has 0 fully saturated rings. The Hall–Kier alpha value is -0.910. The summed E-state index contributed by atoms with van der Waals surface area (Å²) in [5, 5.41) is 1.76. The molecule has 0 bridgehead atoms. The molecule has 1 unspecified atom stereocenters. The fraction of sp³-hybridized carbons (Fsp3) is 0.333. The van der Waals surface area contributed by atoms with Gasteiger partial charge in [-0.1, -0.05) is 18.2 Å². The van der Waals surface area contributed by atoms with Gasteiger partial charge in [-0.05, 0) is 23.6 Å². The number of hydrogen-bond acceptors (Lipinski definition) is 3. The van der Waals surface area contributed by atoms with E-state index >= 15 is 0 Å². The topological polar surface area (TPSA) is 66.4 Å². The van der Waals surface area contributed by atoms with Gasteiger partial charge in [-0.25, -0.2) is 0 Å². The summed E-state index contributed by atoms with van der Waals surface area (Å²) in [6.07, 6.45) is 0.738. The van der Waals surface area contributed by atoms with E-state index in [1.54, 1.807) is 18.2 Å². The Bertz CT molecular complexity index is 441. The molecule has 4 nitrogen and oxygen atoms in total. The van der Waals surface area contributed by atoms with Crippen LogP contribution in [-0.2, 0) is 16.5 Å². The van der Waals surface area contributed by atoms with Crippen LogP contribution >= 0.6 is 0 Å². The number of fused-ring (bicyclic) bond motifs is 1. The van der Waals surface area contributed by atoms with E-state index in [9.17, 15) is 8.42 Å². The molecule has 1 aromatic carbocycles. The van der Waals surface area contributed by atoms with Crippen LogP contribution in [0.4, 0.5) is 0 Å². The normalized spacial score (nSPS) is 21.6. The summed E-state index contributed by atoms with van der Waals surface area (Å²) in [6, 6.07) is 8.12. The van der Waals surface area contributed by atoms with Crippen LogP contribution in [0.2, 0.25) is 0 Å². The molecule has 0 spiro atoms. The predicted molar refractivity (Wildman–Crippen MR) is 51.3 cm³/mol. The first-order valence-electron chi connectivity index (χ1n) is 4.28. The van der Waals surface area contributed by atoms with Gasteiger partial charge in [0, 0.05) is 6.54 Å². The largest absolute Gasteiger partial charge is 0.295 e. The van der Waals surface area contributed by atoms with Gasteiger partial charge in [0.05, 0.1) is 0 Å². The molecule has 1 atom stereocenters. The van der Waals surface area contributed by atoms with E-state index in [-0.39, 0.29) is 0 Å². The van der Waals surface area contributed by atoms with E-state index in [2.05, 4.69) is 11.4 Å². The molecule has 1 aliphatic rings. The Morgan fingerprint density at radius 2 is 2.36 bits per heavy atom. The summed E-state index contributed by atoms with van der Waals surface area (Å²) < 4.78 is 31.0. The first-order chi connectivity index (χ1) is 6.59. The van der Waals surface area contributed by atoms with E-state index in [1.807, 2.05) is 0 Å². The first kappa shape index (κ1) is 9.64. The molecule has 2 N–H and O–H groups in total. The van der Waals surface area contributed by atoms with Crippen molar-refractivity contribution in [3.8, 4) is 0 Å². The lowest BCUT2D eigenvalue weighted by atomic mass is 10.0. The van der Waals surface area contributed by atoms with Crippen molar-refractivity contribution < 1.29 is 13.0 Å². The second kappa shape index (κ2) is 3.34. The molecule has 1 radical (unpaired) electrons. The van der Waals surface area contributed by atoms with Crippen LogP contribution in [-0.4, -0.2) is 19.5 Å². The zero-order valence-corrected chi connectivity index (χ0v) is 8.21. The van der Waals surface area contributed by atoms with Crippen molar-refractivity contribution in [2.24, 2.45) is 0 Å². The van der Waals surface area contributed by atoms with Crippen molar-refractivity contribution in [2.45, 2.75) is 11.8 Å². The van der Waals surface area contributed by atoms with Gasteiger partial charge >= 0.3 is 0 Å². The molecular formula is C9H10NO3S. The summed E-state index contributed by atoms with van der Waals surface area (Å²) in [5.74, 6) is 0. The summed E-state index contributed by atoms with van der Waals surface area (Å²) in [7, 11) is -4.07. The predicted octanol–water partition coefficient (Wildman–Crippen LogP) is 0.519. The number of benzene rings is 1.